The number of hydrogen-bond donors (Lipinski definition) is 1. The van der Waals surface area contributed by atoms with Gasteiger partial charge < -0.3 is 9.52 Å². The van der Waals surface area contributed by atoms with Crippen molar-refractivity contribution < 1.29 is 13.9 Å². The van der Waals surface area contributed by atoms with Gasteiger partial charge in [-0.25, -0.2) is 4.39 Å². The minimum atomic E-state index is -0.941. The number of fused-ring (bicyclic) bond motifs is 1. The summed E-state index contributed by atoms with van der Waals surface area (Å²) >= 11 is 0. The molecule has 1 heterocycles. The fourth-order valence-corrected chi connectivity index (χ4v) is 2.94. The van der Waals surface area contributed by atoms with Crippen LogP contribution in [-0.2, 0) is 5.60 Å². The molecule has 0 aliphatic heterocycles. The van der Waals surface area contributed by atoms with E-state index in [1.165, 1.54) is 6.07 Å². The van der Waals surface area contributed by atoms with Gasteiger partial charge in [0.1, 0.15) is 11.4 Å². The van der Waals surface area contributed by atoms with E-state index in [9.17, 15) is 9.50 Å². The largest absolute Gasteiger partial charge is 0.455 e. The third-order valence-corrected chi connectivity index (χ3v) is 4.18. The molecule has 3 heteroatoms. The zero-order valence-electron chi connectivity index (χ0n) is 10.4. The molecule has 1 N–H and O–H groups in total. The highest BCUT2D eigenvalue weighted by molar-refractivity contribution is 5.78. The summed E-state index contributed by atoms with van der Waals surface area (Å²) in [5, 5.41) is 11.5. The van der Waals surface area contributed by atoms with Crippen LogP contribution >= 0.6 is 0 Å². The van der Waals surface area contributed by atoms with Gasteiger partial charge in [-0.2, -0.15) is 0 Å². The summed E-state index contributed by atoms with van der Waals surface area (Å²) in [6.07, 6.45) is 3.80. The van der Waals surface area contributed by atoms with Crippen LogP contribution < -0.4 is 0 Å². The minimum absolute atomic E-state index is 0.148. The van der Waals surface area contributed by atoms with Crippen molar-refractivity contribution in [3.63, 3.8) is 0 Å². The van der Waals surface area contributed by atoms with E-state index < -0.39 is 5.60 Å². The number of halogens is 1. The molecule has 1 aromatic carbocycles. The van der Waals surface area contributed by atoms with Crippen molar-refractivity contribution in [2.75, 3.05) is 0 Å². The minimum Gasteiger partial charge on any atom is -0.455 e. The molecule has 1 saturated carbocycles. The van der Waals surface area contributed by atoms with Crippen LogP contribution in [-0.4, -0.2) is 5.11 Å². The maximum Gasteiger partial charge on any atom is 0.170 e. The van der Waals surface area contributed by atoms with Crippen LogP contribution in [0.3, 0.4) is 0 Å². The second kappa shape index (κ2) is 4.09. The van der Waals surface area contributed by atoms with Gasteiger partial charge in [0.05, 0.1) is 0 Å². The van der Waals surface area contributed by atoms with Crippen LogP contribution in [0.15, 0.2) is 28.7 Å². The fourth-order valence-electron chi connectivity index (χ4n) is 2.94. The Morgan fingerprint density at radius 3 is 2.94 bits per heavy atom. The Morgan fingerprint density at radius 2 is 2.22 bits per heavy atom. The number of aliphatic hydroxyl groups is 1. The predicted molar refractivity (Wildman–Crippen MR) is 67.7 cm³/mol. The van der Waals surface area contributed by atoms with Crippen molar-refractivity contribution in [3.05, 3.63) is 35.8 Å². The van der Waals surface area contributed by atoms with Crippen molar-refractivity contribution >= 4 is 11.0 Å². The maximum atomic E-state index is 13.6. The van der Waals surface area contributed by atoms with Gasteiger partial charge in [0.25, 0.3) is 0 Å². The topological polar surface area (TPSA) is 33.4 Å². The van der Waals surface area contributed by atoms with Gasteiger partial charge in [0.2, 0.25) is 0 Å². The Morgan fingerprint density at radius 1 is 1.39 bits per heavy atom. The van der Waals surface area contributed by atoms with E-state index in [0.29, 0.717) is 12.2 Å². The molecule has 0 spiro atoms. The molecule has 18 heavy (non-hydrogen) atoms. The molecule has 2 atom stereocenters. The lowest BCUT2D eigenvalue weighted by Crippen LogP contribution is -2.35. The summed E-state index contributed by atoms with van der Waals surface area (Å²) in [7, 11) is 0. The molecule has 2 unspecified atom stereocenters. The van der Waals surface area contributed by atoms with Gasteiger partial charge in [-0.05, 0) is 30.9 Å². The van der Waals surface area contributed by atoms with Crippen LogP contribution in [0.2, 0.25) is 0 Å². The second-order valence-electron chi connectivity index (χ2n) is 5.34. The molecule has 3 rings (SSSR count). The number of rotatable bonds is 1. The Bertz CT molecular complexity index is 575. The van der Waals surface area contributed by atoms with Gasteiger partial charge in [-0.15, -0.1) is 0 Å². The third kappa shape index (κ3) is 1.65. The first-order valence-electron chi connectivity index (χ1n) is 6.52. The van der Waals surface area contributed by atoms with E-state index in [1.807, 2.05) is 13.0 Å². The van der Waals surface area contributed by atoms with Gasteiger partial charge in [-0.1, -0.05) is 31.9 Å². The zero-order valence-corrected chi connectivity index (χ0v) is 10.4. The Kier molecular flexibility index (Phi) is 2.67. The lowest BCUT2D eigenvalue weighted by molar-refractivity contribution is -0.0627. The molecule has 1 aliphatic rings. The average Bonchev–Trinajstić information content (AvgIpc) is 2.79. The Hall–Kier alpha value is -1.35. The number of hydrogen-bond acceptors (Lipinski definition) is 2. The molecule has 1 aliphatic carbocycles. The fraction of sp³-hybridized carbons (Fsp3) is 0.467. The smallest absolute Gasteiger partial charge is 0.170 e. The first kappa shape index (κ1) is 11.7. The highest BCUT2D eigenvalue weighted by Crippen LogP contribution is 2.43. The van der Waals surface area contributed by atoms with E-state index in [-0.39, 0.29) is 17.3 Å². The summed E-state index contributed by atoms with van der Waals surface area (Å²) in [5.74, 6) is 0.287. The van der Waals surface area contributed by atoms with Gasteiger partial charge in [-0.3, -0.25) is 0 Å². The monoisotopic (exact) mass is 248 g/mol. The summed E-state index contributed by atoms with van der Waals surface area (Å²) in [4.78, 5) is 0. The van der Waals surface area contributed by atoms with E-state index in [1.54, 1.807) is 12.1 Å². The maximum absolute atomic E-state index is 13.6. The standard InChI is InChI=1S/C15H17FO2/c1-10-5-2-3-8-15(10,17)13-9-11-6-4-7-12(16)14(11)18-13/h4,6-7,9-10,17H,2-3,5,8H2,1H3. The summed E-state index contributed by atoms with van der Waals surface area (Å²) < 4.78 is 19.2. The molecular formula is C15H17FO2. The zero-order chi connectivity index (χ0) is 12.8. The van der Waals surface area contributed by atoms with E-state index in [4.69, 9.17) is 4.42 Å². The van der Waals surface area contributed by atoms with Crippen molar-refractivity contribution in [1.82, 2.24) is 0 Å². The van der Waals surface area contributed by atoms with Crippen LogP contribution in [0.1, 0.15) is 38.4 Å². The molecule has 0 bridgehead atoms. The van der Waals surface area contributed by atoms with Crippen molar-refractivity contribution in [2.45, 2.75) is 38.2 Å². The van der Waals surface area contributed by atoms with Crippen LogP contribution in [0.25, 0.3) is 11.0 Å². The van der Waals surface area contributed by atoms with E-state index >= 15 is 0 Å². The van der Waals surface area contributed by atoms with Crippen LogP contribution in [0.5, 0.6) is 0 Å². The van der Waals surface area contributed by atoms with Crippen LogP contribution in [0, 0.1) is 11.7 Å². The molecule has 2 aromatic rings. The SMILES string of the molecule is CC1CCCCC1(O)c1cc2cccc(F)c2o1. The lowest BCUT2D eigenvalue weighted by atomic mass is 9.75. The van der Waals surface area contributed by atoms with Crippen LogP contribution in [0.4, 0.5) is 4.39 Å². The summed E-state index contributed by atoms with van der Waals surface area (Å²) in [6, 6.07) is 6.62. The van der Waals surface area contributed by atoms with Gasteiger partial charge in [0, 0.05) is 5.39 Å². The first-order chi connectivity index (χ1) is 8.61. The molecule has 1 fully saturated rings. The predicted octanol–water partition coefficient (Wildman–Crippen LogP) is 3.97. The number of para-hydroxylation sites is 1. The summed E-state index contributed by atoms with van der Waals surface area (Å²) in [6.45, 7) is 2.03. The third-order valence-electron chi connectivity index (χ3n) is 4.18. The number of benzene rings is 1. The quantitative estimate of drug-likeness (QED) is 0.828. The lowest BCUT2D eigenvalue weighted by Gasteiger charge is -2.36. The molecule has 2 nitrogen and oxygen atoms in total. The molecule has 0 radical (unpaired) electrons. The normalized spacial score (nSPS) is 28.7. The Labute approximate surface area is 105 Å². The van der Waals surface area contributed by atoms with Crippen molar-refractivity contribution in [1.29, 1.82) is 0 Å². The van der Waals surface area contributed by atoms with Crippen molar-refractivity contribution in [3.8, 4) is 0 Å². The molecule has 1 aromatic heterocycles. The van der Waals surface area contributed by atoms with E-state index in [0.717, 1.165) is 24.6 Å². The first-order valence-corrected chi connectivity index (χ1v) is 6.52. The highest BCUT2D eigenvalue weighted by Gasteiger charge is 2.40. The second-order valence-corrected chi connectivity index (χ2v) is 5.34. The van der Waals surface area contributed by atoms with Gasteiger partial charge in [0.15, 0.2) is 11.4 Å². The number of furan rings is 1. The van der Waals surface area contributed by atoms with Gasteiger partial charge >= 0.3 is 0 Å². The molecule has 96 valence electrons. The average molecular weight is 248 g/mol. The van der Waals surface area contributed by atoms with E-state index in [2.05, 4.69) is 0 Å². The van der Waals surface area contributed by atoms with Crippen molar-refractivity contribution in [2.24, 2.45) is 5.92 Å². The highest BCUT2D eigenvalue weighted by atomic mass is 19.1. The summed E-state index contributed by atoms with van der Waals surface area (Å²) in [5.41, 5.74) is -0.692. The molecule has 0 amide bonds. The Balaban J connectivity index is 2.11. The molecule has 0 saturated heterocycles. The molecular weight excluding hydrogens is 231 g/mol.